The Bertz CT molecular complexity index is 367. The van der Waals surface area contributed by atoms with Gasteiger partial charge < -0.3 is 5.32 Å². The molecule has 17 heavy (non-hydrogen) atoms. The molecule has 0 spiro atoms. The topological polar surface area (TPSA) is 32.3 Å². The molecule has 1 amide bonds. The van der Waals surface area contributed by atoms with E-state index in [2.05, 4.69) is 17.9 Å². The molecule has 0 saturated heterocycles. The van der Waals surface area contributed by atoms with Crippen LogP contribution in [0.5, 0.6) is 0 Å². The Balaban J connectivity index is 2.85. The summed E-state index contributed by atoms with van der Waals surface area (Å²) >= 11 is 9.91. The molecule has 1 N–H and O–H groups in total. The van der Waals surface area contributed by atoms with Crippen molar-refractivity contribution in [1.29, 1.82) is 0 Å². The van der Waals surface area contributed by atoms with Crippen LogP contribution in [0.4, 0.5) is 0 Å². The Morgan fingerprint density at radius 1 is 1.41 bits per heavy atom. The number of nitrogens with one attached hydrogen (secondary N) is 1. The molecule has 1 aromatic carbocycles. The fourth-order valence-corrected chi connectivity index (χ4v) is 1.84. The molecule has 1 aromatic rings. The Kier molecular flexibility index (Phi) is 5.82. The minimum Gasteiger partial charge on any atom is -0.354 e. The lowest BCUT2D eigenvalue weighted by Crippen LogP contribution is -2.37. The van der Waals surface area contributed by atoms with E-state index in [0.29, 0.717) is 17.3 Å². The van der Waals surface area contributed by atoms with E-state index in [4.69, 9.17) is 11.6 Å². The summed E-state index contributed by atoms with van der Waals surface area (Å²) in [5.41, 5.74) is 0.927. The van der Waals surface area contributed by atoms with Gasteiger partial charge >= 0.3 is 0 Å². The number of amides is 1. The van der Waals surface area contributed by atoms with Gasteiger partial charge in [-0.2, -0.15) is 12.6 Å². The van der Waals surface area contributed by atoms with E-state index in [1.165, 1.54) is 0 Å². The molecule has 0 heterocycles. The lowest BCUT2D eigenvalue weighted by atomic mass is 10.1. The quantitative estimate of drug-likeness (QED) is 0.804. The smallest absolute Gasteiger partial charge is 0.241 e. The summed E-state index contributed by atoms with van der Waals surface area (Å²) in [5.74, 6) is 0.610. The standard InChI is InChI=1S/C12H17ClN2OS/c1-15(2)11(12(16)14-7-8-17)9-3-5-10(13)6-4-9/h3-6,11,17H,7-8H2,1-2H3,(H,14,16). The van der Waals surface area contributed by atoms with E-state index in [1.807, 2.05) is 31.1 Å². The average Bonchev–Trinajstić information content (AvgIpc) is 2.29. The number of hydrogen-bond acceptors (Lipinski definition) is 3. The molecule has 1 rings (SSSR count). The largest absolute Gasteiger partial charge is 0.354 e. The van der Waals surface area contributed by atoms with Gasteiger partial charge in [-0.05, 0) is 31.8 Å². The average molecular weight is 273 g/mol. The predicted molar refractivity (Wildman–Crippen MR) is 74.7 cm³/mol. The number of carbonyl (C=O) groups excluding carboxylic acids is 1. The number of nitrogens with zero attached hydrogens (tertiary/aromatic N) is 1. The summed E-state index contributed by atoms with van der Waals surface area (Å²) in [7, 11) is 3.75. The van der Waals surface area contributed by atoms with Gasteiger partial charge in [0.2, 0.25) is 5.91 Å². The molecular formula is C12H17ClN2OS. The van der Waals surface area contributed by atoms with Crippen molar-refractivity contribution in [3.8, 4) is 0 Å². The molecule has 0 aliphatic carbocycles. The van der Waals surface area contributed by atoms with Crippen molar-refractivity contribution < 1.29 is 4.79 Å². The second-order valence-corrected chi connectivity index (χ2v) is 4.82. The van der Waals surface area contributed by atoms with Gasteiger partial charge in [-0.25, -0.2) is 0 Å². The normalized spacial score (nSPS) is 12.5. The second-order valence-electron chi connectivity index (χ2n) is 3.93. The minimum atomic E-state index is -0.299. The van der Waals surface area contributed by atoms with Crippen LogP contribution in [0.2, 0.25) is 5.02 Å². The van der Waals surface area contributed by atoms with Crippen molar-refractivity contribution in [3.05, 3.63) is 34.9 Å². The lowest BCUT2D eigenvalue weighted by molar-refractivity contribution is -0.125. The van der Waals surface area contributed by atoms with Crippen molar-refractivity contribution >= 4 is 30.1 Å². The molecule has 0 radical (unpaired) electrons. The fraction of sp³-hybridized carbons (Fsp3) is 0.417. The van der Waals surface area contributed by atoms with Gasteiger partial charge in [-0.1, -0.05) is 23.7 Å². The van der Waals surface area contributed by atoms with Crippen LogP contribution < -0.4 is 5.32 Å². The van der Waals surface area contributed by atoms with Crippen LogP contribution >= 0.6 is 24.2 Å². The first kappa shape index (κ1) is 14.4. The van der Waals surface area contributed by atoms with Crippen molar-refractivity contribution in [2.24, 2.45) is 0 Å². The summed E-state index contributed by atoms with van der Waals surface area (Å²) in [4.78, 5) is 13.9. The molecule has 5 heteroatoms. The number of halogens is 1. The fourth-order valence-electron chi connectivity index (χ4n) is 1.60. The van der Waals surface area contributed by atoms with Crippen molar-refractivity contribution in [2.75, 3.05) is 26.4 Å². The molecule has 0 aliphatic rings. The highest BCUT2D eigenvalue weighted by Gasteiger charge is 2.22. The molecule has 1 atom stereocenters. The molecule has 3 nitrogen and oxygen atoms in total. The van der Waals surface area contributed by atoms with E-state index in [0.717, 1.165) is 5.56 Å². The maximum atomic E-state index is 12.0. The van der Waals surface area contributed by atoms with Crippen molar-refractivity contribution in [2.45, 2.75) is 6.04 Å². The van der Waals surface area contributed by atoms with E-state index < -0.39 is 0 Å². The summed E-state index contributed by atoms with van der Waals surface area (Å²) in [5, 5.41) is 3.51. The van der Waals surface area contributed by atoms with E-state index in [9.17, 15) is 4.79 Å². The van der Waals surface area contributed by atoms with Gasteiger partial charge in [0.05, 0.1) is 0 Å². The number of thiol groups is 1. The Morgan fingerprint density at radius 2 is 2.00 bits per heavy atom. The summed E-state index contributed by atoms with van der Waals surface area (Å²) in [6.07, 6.45) is 0. The minimum absolute atomic E-state index is 0.0219. The molecule has 94 valence electrons. The van der Waals surface area contributed by atoms with Gasteiger partial charge in [0.15, 0.2) is 0 Å². The zero-order valence-corrected chi connectivity index (χ0v) is 11.6. The van der Waals surface area contributed by atoms with E-state index in [1.54, 1.807) is 12.1 Å². The maximum Gasteiger partial charge on any atom is 0.241 e. The van der Waals surface area contributed by atoms with Gasteiger partial charge in [-0.15, -0.1) is 0 Å². The first-order chi connectivity index (χ1) is 8.06. The van der Waals surface area contributed by atoms with Gasteiger partial charge in [0, 0.05) is 17.3 Å². The van der Waals surface area contributed by atoms with Crippen LogP contribution in [-0.4, -0.2) is 37.2 Å². The van der Waals surface area contributed by atoms with Crippen molar-refractivity contribution in [1.82, 2.24) is 10.2 Å². The Morgan fingerprint density at radius 3 is 2.47 bits per heavy atom. The number of carbonyl (C=O) groups is 1. The van der Waals surface area contributed by atoms with E-state index in [-0.39, 0.29) is 11.9 Å². The molecule has 0 bridgehead atoms. The highest BCUT2D eigenvalue weighted by atomic mass is 35.5. The molecule has 0 saturated carbocycles. The second kappa shape index (κ2) is 6.89. The molecule has 1 unspecified atom stereocenters. The first-order valence-corrected chi connectivity index (χ1v) is 6.37. The zero-order chi connectivity index (χ0) is 12.8. The molecule has 0 aliphatic heterocycles. The monoisotopic (exact) mass is 272 g/mol. The molecule has 0 fully saturated rings. The summed E-state index contributed by atoms with van der Waals surface area (Å²) in [6.45, 7) is 0.569. The zero-order valence-electron chi connectivity index (χ0n) is 9.98. The van der Waals surface area contributed by atoms with Crippen LogP contribution in [0.15, 0.2) is 24.3 Å². The van der Waals surface area contributed by atoms with E-state index >= 15 is 0 Å². The third-order valence-corrected chi connectivity index (χ3v) is 2.84. The number of likely N-dealkylation sites (N-methyl/N-ethyl adjacent to an activating group) is 1. The highest BCUT2D eigenvalue weighted by molar-refractivity contribution is 7.80. The Hall–Kier alpha value is -0.710. The van der Waals surface area contributed by atoms with Gasteiger partial charge in [0.25, 0.3) is 0 Å². The van der Waals surface area contributed by atoms with Crippen LogP contribution in [0, 0.1) is 0 Å². The van der Waals surface area contributed by atoms with Gasteiger partial charge in [0.1, 0.15) is 6.04 Å². The number of hydrogen-bond donors (Lipinski definition) is 2. The molecular weight excluding hydrogens is 256 g/mol. The van der Waals surface area contributed by atoms with Crippen LogP contribution in [0.1, 0.15) is 11.6 Å². The third kappa shape index (κ3) is 4.22. The van der Waals surface area contributed by atoms with Crippen LogP contribution in [0.25, 0.3) is 0 Å². The summed E-state index contributed by atoms with van der Waals surface area (Å²) in [6, 6.07) is 7.02. The van der Waals surface area contributed by atoms with Gasteiger partial charge in [-0.3, -0.25) is 9.69 Å². The number of benzene rings is 1. The predicted octanol–water partition coefficient (Wildman–Crippen LogP) is 1.99. The maximum absolute atomic E-state index is 12.0. The highest BCUT2D eigenvalue weighted by Crippen LogP contribution is 2.20. The van der Waals surface area contributed by atoms with Crippen LogP contribution in [-0.2, 0) is 4.79 Å². The lowest BCUT2D eigenvalue weighted by Gasteiger charge is -2.23. The summed E-state index contributed by atoms with van der Waals surface area (Å²) < 4.78 is 0. The Labute approximate surface area is 113 Å². The van der Waals surface area contributed by atoms with Crippen LogP contribution in [0.3, 0.4) is 0 Å². The molecule has 0 aromatic heterocycles. The van der Waals surface area contributed by atoms with Crippen molar-refractivity contribution in [3.63, 3.8) is 0 Å². The SMILES string of the molecule is CN(C)C(C(=O)NCCS)c1ccc(Cl)cc1. The third-order valence-electron chi connectivity index (χ3n) is 2.36. The number of rotatable bonds is 5. The first-order valence-electron chi connectivity index (χ1n) is 5.36.